The standard InChI is InChI=1S/C31H27N3O6S/c1-5-16-39-30(37)26-19(2)32-31-34(28(35)25(41-31)18-20-8-12-22(13-9-20)33(3)4)27(26)21-10-14-23(15-11-21)40-29(36)24-7-6-17-38-24/h5-15,17-18,27H,1,16H2,2-4H3/b25-18-/t27-/m0/s1. The number of nitrogens with zero attached hydrogens (tertiary/aromatic N) is 3. The Morgan fingerprint density at radius 1 is 1.10 bits per heavy atom. The zero-order chi connectivity index (χ0) is 29.1. The topological polar surface area (TPSA) is 103 Å². The molecule has 3 heterocycles. The molecule has 0 saturated carbocycles. The molecule has 10 heteroatoms. The number of thiazole rings is 1. The molecule has 2 aromatic carbocycles. The van der Waals surface area contributed by atoms with Gasteiger partial charge in [-0.2, -0.15) is 0 Å². The fourth-order valence-corrected chi connectivity index (χ4v) is 5.45. The van der Waals surface area contributed by atoms with Gasteiger partial charge in [-0.05, 0) is 60.5 Å². The zero-order valence-electron chi connectivity index (χ0n) is 22.7. The van der Waals surface area contributed by atoms with Gasteiger partial charge in [-0.25, -0.2) is 14.6 Å². The molecule has 1 atom stereocenters. The van der Waals surface area contributed by atoms with Crippen LogP contribution >= 0.6 is 11.3 Å². The Morgan fingerprint density at radius 2 is 1.83 bits per heavy atom. The fourth-order valence-electron chi connectivity index (χ4n) is 4.40. The molecule has 1 aliphatic heterocycles. The summed E-state index contributed by atoms with van der Waals surface area (Å²) in [6.45, 7) is 5.34. The molecule has 208 valence electrons. The molecule has 0 amide bonds. The number of carbonyl (C=O) groups is 2. The quantitative estimate of drug-likeness (QED) is 0.180. The molecular formula is C31H27N3O6S. The van der Waals surface area contributed by atoms with Gasteiger partial charge in [-0.1, -0.05) is 48.3 Å². The van der Waals surface area contributed by atoms with Crippen molar-refractivity contribution < 1.29 is 23.5 Å². The number of allylic oxidation sites excluding steroid dienone is 1. The molecular weight excluding hydrogens is 542 g/mol. The second-order valence-corrected chi connectivity index (χ2v) is 10.4. The van der Waals surface area contributed by atoms with Gasteiger partial charge in [0.1, 0.15) is 12.4 Å². The van der Waals surface area contributed by atoms with Crippen molar-refractivity contribution in [2.75, 3.05) is 25.6 Å². The first kappa shape index (κ1) is 27.6. The van der Waals surface area contributed by atoms with Crippen LogP contribution in [0.4, 0.5) is 5.69 Å². The molecule has 0 bridgehead atoms. The van der Waals surface area contributed by atoms with Crippen LogP contribution in [0.3, 0.4) is 0 Å². The highest BCUT2D eigenvalue weighted by Crippen LogP contribution is 2.32. The van der Waals surface area contributed by atoms with Gasteiger partial charge < -0.3 is 18.8 Å². The van der Waals surface area contributed by atoms with Crippen LogP contribution in [0.2, 0.25) is 0 Å². The van der Waals surface area contributed by atoms with Crippen LogP contribution in [0.15, 0.2) is 105 Å². The number of fused-ring (bicyclic) bond motifs is 1. The molecule has 0 unspecified atom stereocenters. The van der Waals surface area contributed by atoms with Crippen molar-refractivity contribution in [3.8, 4) is 5.75 Å². The van der Waals surface area contributed by atoms with Crippen LogP contribution in [-0.2, 0) is 9.53 Å². The second kappa shape index (κ2) is 11.6. The van der Waals surface area contributed by atoms with Crippen LogP contribution in [0.5, 0.6) is 5.75 Å². The summed E-state index contributed by atoms with van der Waals surface area (Å²) in [4.78, 5) is 46.4. The van der Waals surface area contributed by atoms with Crippen LogP contribution in [0.25, 0.3) is 6.08 Å². The average molecular weight is 570 g/mol. The third-order valence-electron chi connectivity index (χ3n) is 6.41. The maximum absolute atomic E-state index is 13.8. The van der Waals surface area contributed by atoms with Gasteiger partial charge in [0.2, 0.25) is 5.76 Å². The van der Waals surface area contributed by atoms with E-state index in [0.717, 1.165) is 11.3 Å². The summed E-state index contributed by atoms with van der Waals surface area (Å²) in [6, 6.07) is 16.7. The van der Waals surface area contributed by atoms with Crippen molar-refractivity contribution in [3.05, 3.63) is 127 Å². The number of carbonyl (C=O) groups excluding carboxylic acids is 2. The number of hydrogen-bond acceptors (Lipinski definition) is 9. The number of hydrogen-bond donors (Lipinski definition) is 0. The van der Waals surface area contributed by atoms with Crippen molar-refractivity contribution in [2.24, 2.45) is 4.99 Å². The highest BCUT2D eigenvalue weighted by atomic mass is 32.1. The highest BCUT2D eigenvalue weighted by molar-refractivity contribution is 7.07. The summed E-state index contributed by atoms with van der Waals surface area (Å²) >= 11 is 1.25. The molecule has 0 saturated heterocycles. The van der Waals surface area contributed by atoms with Gasteiger partial charge >= 0.3 is 11.9 Å². The summed E-state index contributed by atoms with van der Waals surface area (Å²) < 4.78 is 17.9. The first-order chi connectivity index (χ1) is 19.8. The van der Waals surface area contributed by atoms with E-state index >= 15 is 0 Å². The summed E-state index contributed by atoms with van der Waals surface area (Å²) in [5.74, 6) is -0.889. The number of anilines is 1. The predicted octanol–water partition coefficient (Wildman–Crippen LogP) is 3.84. The molecule has 0 N–H and O–H groups in total. The van der Waals surface area contributed by atoms with Crippen LogP contribution in [0.1, 0.15) is 34.6 Å². The largest absolute Gasteiger partial charge is 0.458 e. The Labute approximate surface area is 239 Å². The normalized spacial score (nSPS) is 14.7. The minimum Gasteiger partial charge on any atom is -0.458 e. The summed E-state index contributed by atoms with van der Waals surface area (Å²) in [7, 11) is 3.92. The maximum Gasteiger partial charge on any atom is 0.379 e. The van der Waals surface area contributed by atoms with E-state index in [4.69, 9.17) is 13.9 Å². The molecule has 0 spiro atoms. The Balaban J connectivity index is 1.57. The minimum atomic E-state index is -0.809. The number of furan rings is 1. The molecule has 5 rings (SSSR count). The smallest absolute Gasteiger partial charge is 0.379 e. The number of benzene rings is 2. The van der Waals surface area contributed by atoms with Crippen molar-refractivity contribution in [1.82, 2.24) is 4.57 Å². The average Bonchev–Trinajstić information content (AvgIpc) is 3.60. The third kappa shape index (κ3) is 5.68. The first-order valence-corrected chi connectivity index (χ1v) is 13.5. The first-order valence-electron chi connectivity index (χ1n) is 12.7. The van der Waals surface area contributed by atoms with Gasteiger partial charge in [0.05, 0.1) is 28.1 Å². The number of rotatable bonds is 8. The Bertz CT molecular complexity index is 1810. The number of esters is 2. The lowest BCUT2D eigenvalue weighted by molar-refractivity contribution is -0.138. The van der Waals surface area contributed by atoms with E-state index < -0.39 is 18.0 Å². The van der Waals surface area contributed by atoms with Crippen molar-refractivity contribution in [2.45, 2.75) is 13.0 Å². The minimum absolute atomic E-state index is 0.0113. The van der Waals surface area contributed by atoms with E-state index in [1.54, 1.807) is 37.3 Å². The molecule has 2 aromatic heterocycles. The van der Waals surface area contributed by atoms with E-state index in [1.807, 2.05) is 49.3 Å². The number of ether oxygens (including phenoxy) is 2. The van der Waals surface area contributed by atoms with Crippen LogP contribution in [0, 0.1) is 0 Å². The Kier molecular flexibility index (Phi) is 7.84. The van der Waals surface area contributed by atoms with Gasteiger partial charge in [0.25, 0.3) is 5.56 Å². The summed E-state index contributed by atoms with van der Waals surface area (Å²) in [5, 5.41) is 0. The molecule has 41 heavy (non-hydrogen) atoms. The van der Waals surface area contributed by atoms with Crippen molar-refractivity contribution >= 4 is 35.0 Å². The lowest BCUT2D eigenvalue weighted by atomic mass is 9.96. The van der Waals surface area contributed by atoms with E-state index in [2.05, 4.69) is 11.6 Å². The van der Waals surface area contributed by atoms with Gasteiger partial charge in [0, 0.05) is 19.8 Å². The number of aromatic nitrogens is 1. The molecule has 0 aliphatic carbocycles. The van der Waals surface area contributed by atoms with Gasteiger partial charge in [0.15, 0.2) is 4.80 Å². The zero-order valence-corrected chi connectivity index (χ0v) is 23.5. The van der Waals surface area contributed by atoms with E-state index in [9.17, 15) is 14.4 Å². The van der Waals surface area contributed by atoms with E-state index in [0.29, 0.717) is 20.6 Å². The highest BCUT2D eigenvalue weighted by Gasteiger charge is 2.33. The summed E-state index contributed by atoms with van der Waals surface area (Å²) in [5.41, 5.74) is 2.92. The molecule has 0 radical (unpaired) electrons. The molecule has 1 aliphatic rings. The van der Waals surface area contributed by atoms with Crippen LogP contribution in [-0.4, -0.2) is 37.2 Å². The van der Waals surface area contributed by atoms with Crippen molar-refractivity contribution in [3.63, 3.8) is 0 Å². The predicted molar refractivity (Wildman–Crippen MR) is 156 cm³/mol. The second-order valence-electron chi connectivity index (χ2n) is 9.39. The molecule has 4 aromatic rings. The SMILES string of the molecule is C=CCOC(=O)C1=C(C)N=c2s/c(=C\c3ccc(N(C)C)cc3)c(=O)n2[C@H]1c1ccc(OC(=O)c2ccco2)cc1. The third-order valence-corrected chi connectivity index (χ3v) is 7.39. The van der Waals surface area contributed by atoms with E-state index in [-0.39, 0.29) is 29.2 Å². The van der Waals surface area contributed by atoms with Gasteiger partial charge in [-0.3, -0.25) is 9.36 Å². The lowest BCUT2D eigenvalue weighted by Crippen LogP contribution is -2.39. The lowest BCUT2D eigenvalue weighted by Gasteiger charge is -2.24. The monoisotopic (exact) mass is 569 g/mol. The maximum atomic E-state index is 13.8. The fraction of sp³-hybridized carbons (Fsp3) is 0.161. The summed E-state index contributed by atoms with van der Waals surface area (Å²) in [6.07, 6.45) is 4.67. The van der Waals surface area contributed by atoms with Crippen molar-refractivity contribution in [1.29, 1.82) is 0 Å². The van der Waals surface area contributed by atoms with Crippen LogP contribution < -0.4 is 24.5 Å². The Hall–Kier alpha value is -4.96. The molecule has 0 fully saturated rings. The van der Waals surface area contributed by atoms with E-state index in [1.165, 1.54) is 34.3 Å². The molecule has 9 nitrogen and oxygen atoms in total. The Morgan fingerprint density at radius 3 is 2.46 bits per heavy atom. The van der Waals surface area contributed by atoms with Gasteiger partial charge in [-0.15, -0.1) is 0 Å².